The van der Waals surface area contributed by atoms with Crippen LogP contribution >= 0.6 is 0 Å². The topological polar surface area (TPSA) is 55.6 Å². The number of hydrogen-bond acceptors (Lipinski definition) is 3. The van der Waals surface area contributed by atoms with Gasteiger partial charge in [-0.3, -0.25) is 4.79 Å². The maximum Gasteiger partial charge on any atom is 0.230 e. The van der Waals surface area contributed by atoms with E-state index in [1.54, 1.807) is 0 Å². The van der Waals surface area contributed by atoms with Crippen LogP contribution in [0.15, 0.2) is 24.3 Å². The lowest BCUT2D eigenvalue weighted by Gasteiger charge is -2.37. The average molecular weight is 288 g/mol. The summed E-state index contributed by atoms with van der Waals surface area (Å²) in [6, 6.07) is 8.07. The number of piperidine rings is 1. The fourth-order valence-electron chi connectivity index (χ4n) is 3.46. The van der Waals surface area contributed by atoms with Crippen molar-refractivity contribution in [3.8, 4) is 5.75 Å². The van der Waals surface area contributed by atoms with Crippen LogP contribution in [0.2, 0.25) is 0 Å². The second kappa shape index (κ2) is 6.06. The van der Waals surface area contributed by atoms with Crippen LogP contribution in [-0.4, -0.2) is 36.5 Å². The third-order valence-electron chi connectivity index (χ3n) is 4.77. The van der Waals surface area contributed by atoms with Crippen molar-refractivity contribution < 1.29 is 9.53 Å². The van der Waals surface area contributed by atoms with E-state index < -0.39 is 0 Å². The number of para-hydroxylation sites is 1. The van der Waals surface area contributed by atoms with Gasteiger partial charge in [0.25, 0.3) is 0 Å². The molecule has 2 aliphatic rings. The number of carbonyl (C=O) groups excluding carboxylic acids is 1. The van der Waals surface area contributed by atoms with E-state index in [0.717, 1.165) is 43.7 Å². The van der Waals surface area contributed by atoms with Crippen LogP contribution < -0.4 is 10.5 Å². The highest BCUT2D eigenvalue weighted by Gasteiger charge is 2.33. The van der Waals surface area contributed by atoms with Gasteiger partial charge in [-0.25, -0.2) is 0 Å². The standard InChI is InChI=1S/C17H24N2O2/c1-12(18)13-5-4-9-19(11-13)17(20)15-8-10-21-16-7-3-2-6-14(15)16/h2-3,6-7,12-13,15H,4-5,8-11,18H2,1H3/t12-,13-,15-/m0/s1. The molecule has 1 saturated heterocycles. The van der Waals surface area contributed by atoms with E-state index >= 15 is 0 Å². The summed E-state index contributed by atoms with van der Waals surface area (Å²) in [5.41, 5.74) is 7.07. The zero-order valence-electron chi connectivity index (χ0n) is 12.6. The minimum absolute atomic E-state index is 0.0539. The number of rotatable bonds is 2. The van der Waals surface area contributed by atoms with Gasteiger partial charge in [-0.1, -0.05) is 18.2 Å². The summed E-state index contributed by atoms with van der Waals surface area (Å²) in [5, 5.41) is 0. The van der Waals surface area contributed by atoms with E-state index in [-0.39, 0.29) is 17.9 Å². The molecule has 2 N–H and O–H groups in total. The Bertz CT molecular complexity index is 515. The van der Waals surface area contributed by atoms with Gasteiger partial charge in [-0.2, -0.15) is 0 Å². The summed E-state index contributed by atoms with van der Waals surface area (Å²) in [7, 11) is 0. The molecule has 21 heavy (non-hydrogen) atoms. The summed E-state index contributed by atoms with van der Waals surface area (Å²) in [5.74, 6) is 1.48. The fraction of sp³-hybridized carbons (Fsp3) is 0.588. The fourth-order valence-corrected chi connectivity index (χ4v) is 3.46. The van der Waals surface area contributed by atoms with Crippen molar-refractivity contribution in [1.29, 1.82) is 0 Å². The van der Waals surface area contributed by atoms with Gasteiger partial charge in [0.15, 0.2) is 0 Å². The van der Waals surface area contributed by atoms with Crippen molar-refractivity contribution >= 4 is 5.91 Å². The van der Waals surface area contributed by atoms with Gasteiger partial charge in [0, 0.05) is 24.7 Å². The first-order valence-electron chi connectivity index (χ1n) is 7.93. The Hall–Kier alpha value is -1.55. The first kappa shape index (κ1) is 14.4. The number of hydrogen-bond donors (Lipinski definition) is 1. The third kappa shape index (κ3) is 2.91. The van der Waals surface area contributed by atoms with E-state index in [0.29, 0.717) is 12.5 Å². The maximum atomic E-state index is 12.9. The van der Waals surface area contributed by atoms with Gasteiger partial charge in [0.1, 0.15) is 5.75 Å². The molecule has 0 radical (unpaired) electrons. The minimum Gasteiger partial charge on any atom is -0.493 e. The minimum atomic E-state index is -0.0539. The van der Waals surface area contributed by atoms with Crippen molar-refractivity contribution in [2.75, 3.05) is 19.7 Å². The van der Waals surface area contributed by atoms with E-state index in [1.807, 2.05) is 36.1 Å². The molecule has 0 unspecified atom stereocenters. The SMILES string of the molecule is C[C@H](N)[C@H]1CCCN(C(=O)[C@H]2CCOc3ccccc32)C1. The van der Waals surface area contributed by atoms with Gasteiger partial charge in [-0.15, -0.1) is 0 Å². The smallest absolute Gasteiger partial charge is 0.230 e. The van der Waals surface area contributed by atoms with Crippen molar-refractivity contribution in [3.05, 3.63) is 29.8 Å². The molecule has 0 aromatic heterocycles. The Balaban J connectivity index is 1.77. The van der Waals surface area contributed by atoms with Crippen LogP contribution in [0.4, 0.5) is 0 Å². The number of amides is 1. The molecule has 0 aliphatic carbocycles. The van der Waals surface area contributed by atoms with Crippen LogP contribution in [0.3, 0.4) is 0 Å². The number of benzene rings is 1. The summed E-state index contributed by atoms with van der Waals surface area (Å²) >= 11 is 0. The Labute approximate surface area is 126 Å². The van der Waals surface area contributed by atoms with E-state index in [9.17, 15) is 4.79 Å². The van der Waals surface area contributed by atoms with Crippen molar-refractivity contribution in [2.45, 2.75) is 38.1 Å². The molecule has 1 aromatic carbocycles. The molecule has 1 fully saturated rings. The largest absolute Gasteiger partial charge is 0.493 e. The Morgan fingerprint density at radius 2 is 2.19 bits per heavy atom. The van der Waals surface area contributed by atoms with Crippen LogP contribution in [0, 0.1) is 5.92 Å². The molecule has 3 atom stereocenters. The number of ether oxygens (including phenoxy) is 1. The Morgan fingerprint density at radius 3 is 3.00 bits per heavy atom. The first-order valence-corrected chi connectivity index (χ1v) is 7.93. The number of fused-ring (bicyclic) bond motifs is 1. The molecule has 2 heterocycles. The van der Waals surface area contributed by atoms with Crippen LogP contribution in [-0.2, 0) is 4.79 Å². The summed E-state index contributed by atoms with van der Waals surface area (Å²) < 4.78 is 5.66. The molecule has 0 saturated carbocycles. The Morgan fingerprint density at radius 1 is 1.38 bits per heavy atom. The molecule has 114 valence electrons. The van der Waals surface area contributed by atoms with Crippen LogP contribution in [0.25, 0.3) is 0 Å². The first-order chi connectivity index (χ1) is 10.2. The highest BCUT2D eigenvalue weighted by molar-refractivity contribution is 5.85. The van der Waals surface area contributed by atoms with Gasteiger partial charge < -0.3 is 15.4 Å². The average Bonchev–Trinajstić information content (AvgIpc) is 2.53. The predicted octanol–water partition coefficient (Wildman–Crippen LogP) is 2.14. The van der Waals surface area contributed by atoms with E-state index in [4.69, 9.17) is 10.5 Å². The molecular weight excluding hydrogens is 264 g/mol. The number of nitrogens with zero attached hydrogens (tertiary/aromatic N) is 1. The third-order valence-corrected chi connectivity index (χ3v) is 4.77. The van der Waals surface area contributed by atoms with E-state index in [2.05, 4.69) is 0 Å². The van der Waals surface area contributed by atoms with Gasteiger partial charge >= 0.3 is 0 Å². The van der Waals surface area contributed by atoms with Gasteiger partial charge in [-0.05, 0) is 38.2 Å². The molecule has 0 spiro atoms. The lowest BCUT2D eigenvalue weighted by molar-refractivity contribution is -0.135. The van der Waals surface area contributed by atoms with E-state index in [1.165, 1.54) is 0 Å². The molecule has 2 aliphatic heterocycles. The lowest BCUT2D eigenvalue weighted by atomic mass is 9.88. The van der Waals surface area contributed by atoms with Gasteiger partial charge in [0.05, 0.1) is 12.5 Å². The molecule has 0 bridgehead atoms. The second-order valence-corrected chi connectivity index (χ2v) is 6.27. The normalized spacial score (nSPS) is 26.7. The van der Waals surface area contributed by atoms with Crippen LogP contribution in [0.1, 0.15) is 37.7 Å². The predicted molar refractivity (Wildman–Crippen MR) is 82.2 cm³/mol. The molecule has 1 aromatic rings. The Kier molecular flexibility index (Phi) is 4.15. The highest BCUT2D eigenvalue weighted by Crippen LogP contribution is 2.35. The quantitative estimate of drug-likeness (QED) is 0.907. The monoisotopic (exact) mass is 288 g/mol. The second-order valence-electron chi connectivity index (χ2n) is 6.27. The number of likely N-dealkylation sites (tertiary alicyclic amines) is 1. The molecule has 3 rings (SSSR count). The number of carbonyl (C=O) groups is 1. The summed E-state index contributed by atoms with van der Waals surface area (Å²) in [4.78, 5) is 14.9. The molecule has 4 heteroatoms. The zero-order valence-corrected chi connectivity index (χ0v) is 12.6. The molecule has 1 amide bonds. The summed E-state index contributed by atoms with van der Waals surface area (Å²) in [6.45, 7) is 4.33. The van der Waals surface area contributed by atoms with Crippen molar-refractivity contribution in [2.24, 2.45) is 11.7 Å². The number of nitrogens with two attached hydrogens (primary N) is 1. The zero-order chi connectivity index (χ0) is 14.8. The van der Waals surface area contributed by atoms with Crippen molar-refractivity contribution in [3.63, 3.8) is 0 Å². The van der Waals surface area contributed by atoms with Crippen LogP contribution in [0.5, 0.6) is 5.75 Å². The van der Waals surface area contributed by atoms with Crippen molar-refractivity contribution in [1.82, 2.24) is 4.90 Å². The maximum absolute atomic E-state index is 12.9. The lowest BCUT2D eigenvalue weighted by Crippen LogP contribution is -2.47. The highest BCUT2D eigenvalue weighted by atomic mass is 16.5. The molecule has 4 nitrogen and oxygen atoms in total. The van der Waals surface area contributed by atoms with Gasteiger partial charge in [0.2, 0.25) is 5.91 Å². The summed E-state index contributed by atoms with van der Waals surface area (Å²) in [6.07, 6.45) is 2.96. The molecular formula is C17H24N2O2.